The Morgan fingerprint density at radius 2 is 2.05 bits per heavy atom. The van der Waals surface area contributed by atoms with Crippen molar-refractivity contribution in [2.24, 2.45) is 11.8 Å². The number of aromatic nitrogens is 2. The molecule has 0 spiro atoms. The van der Waals surface area contributed by atoms with Crippen molar-refractivity contribution in [1.29, 1.82) is 0 Å². The van der Waals surface area contributed by atoms with Crippen molar-refractivity contribution < 1.29 is 18.0 Å². The minimum atomic E-state index is -4.21. The van der Waals surface area contributed by atoms with Gasteiger partial charge in [0.15, 0.2) is 0 Å². The van der Waals surface area contributed by atoms with Crippen molar-refractivity contribution in [3.8, 4) is 0 Å². The van der Waals surface area contributed by atoms with Gasteiger partial charge in [0, 0.05) is 5.92 Å². The molecule has 0 bridgehead atoms. The Hall–Kier alpha value is -1.53. The topological polar surface area (TPSA) is 57.8 Å². The molecule has 2 unspecified atom stereocenters. The number of aryl methyl sites for hydroxylation is 2. The van der Waals surface area contributed by atoms with Gasteiger partial charge < -0.3 is 5.32 Å². The summed E-state index contributed by atoms with van der Waals surface area (Å²) in [6, 6.07) is 0. The van der Waals surface area contributed by atoms with E-state index < -0.39 is 18.0 Å². The van der Waals surface area contributed by atoms with Crippen LogP contribution < -0.4 is 5.32 Å². The molecule has 1 amide bonds. The largest absolute Gasteiger partial charge is 0.391 e. The van der Waals surface area contributed by atoms with Crippen LogP contribution in [0, 0.1) is 25.7 Å². The van der Waals surface area contributed by atoms with Gasteiger partial charge in [0.25, 0.3) is 0 Å². The molecular formula is C13H18F3N3O. The van der Waals surface area contributed by atoms with Gasteiger partial charge in [-0.1, -0.05) is 6.42 Å². The molecule has 1 aliphatic carbocycles. The molecule has 0 saturated heterocycles. The summed E-state index contributed by atoms with van der Waals surface area (Å²) in [4.78, 5) is 12.1. The number of halogens is 3. The number of nitrogens with zero attached hydrogens (tertiary/aromatic N) is 1. The van der Waals surface area contributed by atoms with Crippen LogP contribution in [-0.4, -0.2) is 22.3 Å². The minimum Gasteiger partial charge on any atom is -0.323 e. The molecule has 1 fully saturated rings. The number of carbonyl (C=O) groups excluding carboxylic acids is 1. The number of aromatic amines is 1. The third-order valence-corrected chi connectivity index (χ3v) is 3.88. The lowest BCUT2D eigenvalue weighted by Crippen LogP contribution is -2.34. The molecule has 1 saturated carbocycles. The standard InChI is InChI=1S/C13H18F3N3O/c1-7-11(8(2)19-18-7)17-12(20)9-4-3-5-10(6-9)13(14,15)16/h9-10H,3-6H2,1-2H3,(H,17,20)(H,18,19). The maximum Gasteiger partial charge on any atom is 0.391 e. The zero-order chi connectivity index (χ0) is 14.9. The Kier molecular flexibility index (Phi) is 4.06. The lowest BCUT2D eigenvalue weighted by molar-refractivity contribution is -0.185. The molecule has 2 N–H and O–H groups in total. The van der Waals surface area contributed by atoms with Crippen LogP contribution >= 0.6 is 0 Å². The van der Waals surface area contributed by atoms with E-state index in [2.05, 4.69) is 15.5 Å². The van der Waals surface area contributed by atoms with Crippen LogP contribution in [0.4, 0.5) is 18.9 Å². The van der Waals surface area contributed by atoms with Crippen LogP contribution in [0.5, 0.6) is 0 Å². The van der Waals surface area contributed by atoms with E-state index in [4.69, 9.17) is 0 Å². The molecule has 1 aromatic heterocycles. The highest BCUT2D eigenvalue weighted by atomic mass is 19.4. The van der Waals surface area contributed by atoms with E-state index in [9.17, 15) is 18.0 Å². The summed E-state index contributed by atoms with van der Waals surface area (Å²) in [5.41, 5.74) is 1.92. The fourth-order valence-corrected chi connectivity index (χ4v) is 2.69. The molecule has 7 heteroatoms. The van der Waals surface area contributed by atoms with Gasteiger partial charge in [-0.3, -0.25) is 9.89 Å². The summed E-state index contributed by atoms with van der Waals surface area (Å²) in [5.74, 6) is -2.28. The van der Waals surface area contributed by atoms with E-state index >= 15 is 0 Å². The summed E-state index contributed by atoms with van der Waals surface area (Å²) in [6.07, 6.45) is -3.26. The van der Waals surface area contributed by atoms with Gasteiger partial charge in [0.05, 0.1) is 23.0 Å². The van der Waals surface area contributed by atoms with Gasteiger partial charge in [-0.2, -0.15) is 18.3 Å². The van der Waals surface area contributed by atoms with Crippen molar-refractivity contribution in [2.45, 2.75) is 45.7 Å². The van der Waals surface area contributed by atoms with Crippen LogP contribution in [-0.2, 0) is 4.79 Å². The minimum absolute atomic E-state index is 0.120. The first kappa shape index (κ1) is 14.9. The predicted octanol–water partition coefficient (Wildman–Crippen LogP) is 3.33. The molecule has 4 nitrogen and oxygen atoms in total. The summed E-state index contributed by atoms with van der Waals surface area (Å²) >= 11 is 0. The maximum atomic E-state index is 12.7. The predicted molar refractivity (Wildman–Crippen MR) is 68.2 cm³/mol. The summed E-state index contributed by atoms with van der Waals surface area (Å²) in [6.45, 7) is 3.49. The van der Waals surface area contributed by atoms with E-state index in [1.807, 2.05) is 0 Å². The van der Waals surface area contributed by atoms with Crippen molar-refractivity contribution in [3.05, 3.63) is 11.4 Å². The smallest absolute Gasteiger partial charge is 0.323 e. The normalized spacial score (nSPS) is 23.6. The SMILES string of the molecule is Cc1n[nH]c(C)c1NC(=O)C1CCCC(C(F)(F)F)C1. The fraction of sp³-hybridized carbons (Fsp3) is 0.692. The van der Waals surface area contributed by atoms with Crippen LogP contribution in [0.15, 0.2) is 0 Å². The summed E-state index contributed by atoms with van der Waals surface area (Å²) in [7, 11) is 0. The first-order valence-electron chi connectivity index (χ1n) is 6.68. The van der Waals surface area contributed by atoms with Gasteiger partial charge in [0.2, 0.25) is 5.91 Å². The third-order valence-electron chi connectivity index (χ3n) is 3.88. The zero-order valence-corrected chi connectivity index (χ0v) is 11.5. The van der Waals surface area contributed by atoms with Gasteiger partial charge in [0.1, 0.15) is 0 Å². The molecule has 0 aromatic carbocycles. The highest BCUT2D eigenvalue weighted by molar-refractivity contribution is 5.93. The number of H-pyrrole nitrogens is 1. The fourth-order valence-electron chi connectivity index (χ4n) is 2.69. The number of hydrogen-bond acceptors (Lipinski definition) is 2. The second-order valence-electron chi connectivity index (χ2n) is 5.40. The van der Waals surface area contributed by atoms with E-state index in [-0.39, 0.29) is 18.7 Å². The first-order valence-corrected chi connectivity index (χ1v) is 6.68. The highest BCUT2D eigenvalue weighted by Crippen LogP contribution is 2.40. The Balaban J connectivity index is 2.03. The molecule has 2 atom stereocenters. The average Bonchev–Trinajstić information content (AvgIpc) is 2.69. The molecule has 1 aromatic rings. The van der Waals surface area contributed by atoms with E-state index in [1.165, 1.54) is 0 Å². The number of carbonyl (C=O) groups is 1. The summed E-state index contributed by atoms with van der Waals surface area (Å²) in [5, 5.41) is 9.38. The Labute approximate surface area is 115 Å². The molecular weight excluding hydrogens is 271 g/mol. The lowest BCUT2D eigenvalue weighted by atomic mass is 9.80. The van der Waals surface area contributed by atoms with Crippen molar-refractivity contribution in [2.75, 3.05) is 5.32 Å². The maximum absolute atomic E-state index is 12.7. The lowest BCUT2D eigenvalue weighted by Gasteiger charge is -2.29. The van der Waals surface area contributed by atoms with E-state index in [0.29, 0.717) is 29.9 Å². The van der Waals surface area contributed by atoms with Crippen LogP contribution in [0.25, 0.3) is 0 Å². The molecule has 1 aliphatic rings. The van der Waals surface area contributed by atoms with E-state index in [0.717, 1.165) is 0 Å². The molecule has 112 valence electrons. The number of rotatable bonds is 2. The molecule has 0 aliphatic heterocycles. The molecule has 20 heavy (non-hydrogen) atoms. The number of anilines is 1. The Morgan fingerprint density at radius 1 is 1.35 bits per heavy atom. The van der Waals surface area contributed by atoms with Crippen molar-refractivity contribution in [3.63, 3.8) is 0 Å². The molecule has 0 radical (unpaired) electrons. The van der Waals surface area contributed by atoms with Gasteiger partial charge in [-0.05, 0) is 33.1 Å². The second kappa shape index (κ2) is 5.46. The number of hydrogen-bond donors (Lipinski definition) is 2. The number of alkyl halides is 3. The van der Waals surface area contributed by atoms with Gasteiger partial charge in [-0.25, -0.2) is 0 Å². The Morgan fingerprint density at radius 3 is 2.60 bits per heavy atom. The Bertz CT molecular complexity index is 476. The van der Waals surface area contributed by atoms with Gasteiger partial charge >= 0.3 is 6.18 Å². The van der Waals surface area contributed by atoms with Crippen LogP contribution in [0.3, 0.4) is 0 Å². The third kappa shape index (κ3) is 3.13. The van der Waals surface area contributed by atoms with E-state index in [1.54, 1.807) is 13.8 Å². The second-order valence-corrected chi connectivity index (χ2v) is 5.40. The number of nitrogens with one attached hydrogen (secondary N) is 2. The molecule has 1 heterocycles. The number of amides is 1. The van der Waals surface area contributed by atoms with Gasteiger partial charge in [-0.15, -0.1) is 0 Å². The van der Waals surface area contributed by atoms with Crippen molar-refractivity contribution in [1.82, 2.24) is 10.2 Å². The van der Waals surface area contributed by atoms with Crippen LogP contribution in [0.2, 0.25) is 0 Å². The highest BCUT2D eigenvalue weighted by Gasteiger charge is 2.43. The first-order chi connectivity index (χ1) is 9.29. The summed E-state index contributed by atoms with van der Waals surface area (Å²) < 4.78 is 38.2. The van der Waals surface area contributed by atoms with Crippen molar-refractivity contribution >= 4 is 11.6 Å². The quantitative estimate of drug-likeness (QED) is 0.877. The zero-order valence-electron chi connectivity index (χ0n) is 11.5. The van der Waals surface area contributed by atoms with Crippen LogP contribution in [0.1, 0.15) is 37.1 Å². The monoisotopic (exact) mass is 289 g/mol. The molecule has 2 rings (SSSR count). The average molecular weight is 289 g/mol.